The van der Waals surface area contributed by atoms with Crippen LogP contribution in [0, 0.1) is 0 Å². The third-order valence-electron chi connectivity index (χ3n) is 5.73. The molecule has 0 radical (unpaired) electrons. The summed E-state index contributed by atoms with van der Waals surface area (Å²) < 4.78 is 10.6. The summed E-state index contributed by atoms with van der Waals surface area (Å²) in [5, 5.41) is 37.8. The summed E-state index contributed by atoms with van der Waals surface area (Å²) >= 11 is 0. The van der Waals surface area contributed by atoms with Gasteiger partial charge in [-0.05, 0) is 62.4 Å². The summed E-state index contributed by atoms with van der Waals surface area (Å²) in [5.74, 6) is -6.53. The zero-order chi connectivity index (χ0) is 30.5. The molecular formula is C29H24O12. The van der Waals surface area contributed by atoms with Crippen molar-refractivity contribution in [1.82, 2.24) is 0 Å². The normalized spacial score (nSPS) is 10.9. The van der Waals surface area contributed by atoms with Crippen molar-refractivity contribution in [2.75, 3.05) is 13.2 Å². The molecule has 0 amide bonds. The van der Waals surface area contributed by atoms with Gasteiger partial charge in [0.15, 0.2) is 11.6 Å². The molecule has 0 heterocycles. The highest BCUT2D eigenvalue weighted by Gasteiger charge is 2.25. The number of carbonyl (C=O) groups is 6. The molecule has 41 heavy (non-hydrogen) atoms. The van der Waals surface area contributed by atoms with Gasteiger partial charge in [0.25, 0.3) is 0 Å². The van der Waals surface area contributed by atoms with E-state index in [0.717, 1.165) is 36.4 Å². The number of ether oxygens (including phenoxy) is 2. The Balaban J connectivity index is 1.73. The highest BCUT2D eigenvalue weighted by atomic mass is 16.6. The third kappa shape index (κ3) is 7.19. The van der Waals surface area contributed by atoms with Gasteiger partial charge in [-0.2, -0.15) is 0 Å². The largest absolute Gasteiger partial charge is 0.490 e. The molecule has 0 aromatic heterocycles. The van der Waals surface area contributed by atoms with Gasteiger partial charge in [-0.25, -0.2) is 19.2 Å². The maximum Gasteiger partial charge on any atom is 0.339 e. The number of Topliss-reactive ketones (excluding diaryl/α,β-unsaturated/α-hetero) is 1. The van der Waals surface area contributed by atoms with E-state index in [2.05, 4.69) is 0 Å². The Morgan fingerprint density at radius 2 is 1.10 bits per heavy atom. The number of aromatic carboxylic acids is 3. The predicted octanol–water partition coefficient (Wildman–Crippen LogP) is 3.20. The first-order valence-electron chi connectivity index (χ1n) is 11.9. The van der Waals surface area contributed by atoms with Crippen LogP contribution in [0.5, 0.6) is 5.75 Å². The molecule has 0 saturated heterocycles. The summed E-state index contributed by atoms with van der Waals surface area (Å²) in [7, 11) is 0. The number of benzene rings is 3. The van der Waals surface area contributed by atoms with Crippen LogP contribution in [0.25, 0.3) is 0 Å². The first-order chi connectivity index (χ1) is 19.2. The van der Waals surface area contributed by atoms with Crippen LogP contribution in [0.4, 0.5) is 0 Å². The van der Waals surface area contributed by atoms with Crippen LogP contribution in [0.2, 0.25) is 0 Å². The van der Waals surface area contributed by atoms with Crippen LogP contribution in [-0.4, -0.2) is 74.7 Å². The lowest BCUT2D eigenvalue weighted by atomic mass is 9.95. The lowest BCUT2D eigenvalue weighted by molar-refractivity contribution is 0.0441. The number of aliphatic hydroxyl groups is 1. The predicted molar refractivity (Wildman–Crippen MR) is 140 cm³/mol. The van der Waals surface area contributed by atoms with Crippen LogP contribution in [0.3, 0.4) is 0 Å². The van der Waals surface area contributed by atoms with Crippen LogP contribution in [0.1, 0.15) is 81.6 Å². The van der Waals surface area contributed by atoms with Crippen molar-refractivity contribution in [2.24, 2.45) is 0 Å². The van der Waals surface area contributed by atoms with Gasteiger partial charge in [0.2, 0.25) is 0 Å². The maximum absolute atomic E-state index is 13.0. The van der Waals surface area contributed by atoms with E-state index in [0.29, 0.717) is 5.75 Å². The summed E-state index contributed by atoms with van der Waals surface area (Å²) in [6.07, 6.45) is 0. The fourth-order valence-electron chi connectivity index (χ4n) is 3.68. The molecule has 0 saturated carbocycles. The van der Waals surface area contributed by atoms with Gasteiger partial charge < -0.3 is 29.9 Å². The van der Waals surface area contributed by atoms with Crippen molar-refractivity contribution < 1.29 is 58.7 Å². The topological polar surface area (TPSA) is 202 Å². The van der Waals surface area contributed by atoms with Gasteiger partial charge in [0.05, 0.1) is 22.3 Å². The van der Waals surface area contributed by atoms with Crippen molar-refractivity contribution in [1.29, 1.82) is 0 Å². The second kappa shape index (κ2) is 12.2. The Kier molecular flexibility index (Phi) is 9.00. The fraction of sp³-hybridized carbons (Fsp3) is 0.172. The molecule has 212 valence electrons. The first-order valence-corrected chi connectivity index (χ1v) is 11.9. The summed E-state index contributed by atoms with van der Waals surface area (Å²) in [6, 6.07) is 11.9. The third-order valence-corrected chi connectivity index (χ3v) is 5.73. The minimum absolute atomic E-state index is 0.139. The van der Waals surface area contributed by atoms with Crippen molar-refractivity contribution in [3.63, 3.8) is 0 Å². The molecule has 12 nitrogen and oxygen atoms in total. The van der Waals surface area contributed by atoms with E-state index in [-0.39, 0.29) is 29.9 Å². The lowest BCUT2D eigenvalue weighted by Crippen LogP contribution is -2.30. The average molecular weight is 564 g/mol. The molecule has 0 spiro atoms. The van der Waals surface area contributed by atoms with Crippen LogP contribution >= 0.6 is 0 Å². The first kappa shape index (κ1) is 30.2. The van der Waals surface area contributed by atoms with Crippen LogP contribution in [0.15, 0.2) is 60.7 Å². The number of carboxylic acid groups (broad SMARTS) is 3. The van der Waals surface area contributed by atoms with Crippen molar-refractivity contribution >= 4 is 35.4 Å². The van der Waals surface area contributed by atoms with E-state index in [4.69, 9.17) is 14.6 Å². The van der Waals surface area contributed by atoms with Gasteiger partial charge in [-0.1, -0.05) is 12.1 Å². The van der Waals surface area contributed by atoms with E-state index in [9.17, 15) is 44.1 Å². The summed E-state index contributed by atoms with van der Waals surface area (Å²) in [6.45, 7) is 2.28. The van der Waals surface area contributed by atoms with E-state index in [1.165, 1.54) is 38.1 Å². The zero-order valence-corrected chi connectivity index (χ0v) is 21.7. The molecule has 4 N–H and O–H groups in total. The lowest BCUT2D eigenvalue weighted by Gasteiger charge is -2.15. The highest BCUT2D eigenvalue weighted by molar-refractivity contribution is 6.13. The number of rotatable bonds is 12. The summed E-state index contributed by atoms with van der Waals surface area (Å²) in [5.41, 5.74) is -3.69. The second-order valence-corrected chi connectivity index (χ2v) is 9.16. The Labute approximate surface area is 232 Å². The molecule has 3 aromatic rings. The molecule has 12 heteroatoms. The van der Waals surface area contributed by atoms with Gasteiger partial charge in [0, 0.05) is 16.7 Å². The number of carbonyl (C=O) groups excluding carboxylic acids is 3. The van der Waals surface area contributed by atoms with Crippen molar-refractivity contribution in [2.45, 2.75) is 19.4 Å². The fourth-order valence-corrected chi connectivity index (χ4v) is 3.68. The Morgan fingerprint density at radius 1 is 0.634 bits per heavy atom. The molecule has 0 aliphatic heterocycles. The second-order valence-electron chi connectivity index (χ2n) is 9.16. The van der Waals surface area contributed by atoms with Crippen LogP contribution < -0.4 is 4.74 Å². The van der Waals surface area contributed by atoms with E-state index >= 15 is 0 Å². The number of hydrogen-bond donors (Lipinski definition) is 4. The maximum atomic E-state index is 13.0. The van der Waals surface area contributed by atoms with E-state index in [1.54, 1.807) is 0 Å². The molecule has 0 fully saturated rings. The number of esters is 1. The number of ketones is 2. The Bertz CT molecular complexity index is 1540. The number of hydrogen-bond acceptors (Lipinski definition) is 9. The molecular weight excluding hydrogens is 540 g/mol. The van der Waals surface area contributed by atoms with Gasteiger partial charge in [-0.15, -0.1) is 0 Å². The SMILES string of the molecule is CC(C)(O)C(=O)c1ccc(OCCOC(=O)c2cc(C(=O)c3ccc(C(=O)O)c(C(=O)O)c3)ccc2C(=O)O)cc1. The smallest absolute Gasteiger partial charge is 0.339 e. The van der Waals surface area contributed by atoms with Crippen LogP contribution in [-0.2, 0) is 4.74 Å². The van der Waals surface area contributed by atoms with Crippen molar-refractivity contribution in [3.05, 3.63) is 99.6 Å². The molecule has 0 aliphatic rings. The molecule has 0 bridgehead atoms. The van der Waals surface area contributed by atoms with Gasteiger partial charge in [-0.3, -0.25) is 9.59 Å². The highest BCUT2D eigenvalue weighted by Crippen LogP contribution is 2.21. The van der Waals surface area contributed by atoms with E-state index < -0.39 is 63.3 Å². The van der Waals surface area contributed by atoms with Crippen molar-refractivity contribution in [3.8, 4) is 5.75 Å². The monoisotopic (exact) mass is 564 g/mol. The Morgan fingerprint density at radius 3 is 1.59 bits per heavy atom. The Hall–Kier alpha value is -5.36. The summed E-state index contributed by atoms with van der Waals surface area (Å²) in [4.78, 5) is 72.2. The number of carboxylic acids is 3. The molecule has 0 atom stereocenters. The van der Waals surface area contributed by atoms with Gasteiger partial charge in [0.1, 0.15) is 24.6 Å². The molecule has 0 aliphatic carbocycles. The molecule has 3 aromatic carbocycles. The zero-order valence-electron chi connectivity index (χ0n) is 21.7. The minimum atomic E-state index is -1.57. The van der Waals surface area contributed by atoms with E-state index in [1.807, 2.05) is 0 Å². The molecule has 3 rings (SSSR count). The van der Waals surface area contributed by atoms with Gasteiger partial charge >= 0.3 is 23.9 Å². The standard InChI is InChI=1S/C29H24O12/c1-29(2,39)24(31)15-3-7-18(8-4-15)40-11-12-41-28(38)22-14-17(6-10-20(22)26(34)35)23(30)16-5-9-19(25(32)33)21(13-16)27(36)37/h3-10,13-14,39H,11-12H2,1-2H3,(H,32,33)(H,34,35)(H,36,37). The average Bonchev–Trinajstić information content (AvgIpc) is 2.93. The molecule has 0 unspecified atom stereocenters. The quantitative estimate of drug-likeness (QED) is 0.142. The minimum Gasteiger partial charge on any atom is -0.490 e.